The minimum atomic E-state index is -0.541. The fourth-order valence-corrected chi connectivity index (χ4v) is 4.72. The number of nitrogens with zero attached hydrogens (tertiary/aromatic N) is 3. The number of likely N-dealkylation sites (tertiary alicyclic amines) is 2. The number of hydrogen-bond donors (Lipinski definition) is 1. The molecule has 7 heteroatoms. The van der Waals surface area contributed by atoms with Crippen LogP contribution in [0.25, 0.3) is 0 Å². The summed E-state index contributed by atoms with van der Waals surface area (Å²) in [6, 6.07) is 0. The van der Waals surface area contributed by atoms with Gasteiger partial charge in [0.1, 0.15) is 0 Å². The summed E-state index contributed by atoms with van der Waals surface area (Å²) in [5, 5.41) is 10.7. The van der Waals surface area contributed by atoms with Crippen molar-refractivity contribution in [2.75, 3.05) is 52.5 Å². The second-order valence-corrected chi connectivity index (χ2v) is 9.12. The zero-order valence-corrected chi connectivity index (χ0v) is 17.5. The van der Waals surface area contributed by atoms with Crippen molar-refractivity contribution in [2.24, 2.45) is 5.41 Å². The Morgan fingerprint density at radius 2 is 1.79 bits per heavy atom. The highest BCUT2D eigenvalue weighted by Crippen LogP contribution is 2.45. The average molecular weight is 394 g/mol. The van der Waals surface area contributed by atoms with Gasteiger partial charge in [-0.15, -0.1) is 0 Å². The molecule has 0 bridgehead atoms. The highest BCUT2D eigenvalue weighted by molar-refractivity contribution is 5.87. The Balaban J connectivity index is 1.53. The first-order valence-corrected chi connectivity index (χ1v) is 10.5. The van der Waals surface area contributed by atoms with Gasteiger partial charge in [0.2, 0.25) is 11.8 Å². The molecule has 1 N–H and O–H groups in total. The molecule has 0 saturated carbocycles. The molecule has 0 aromatic heterocycles. The van der Waals surface area contributed by atoms with E-state index in [-0.39, 0.29) is 17.2 Å². The van der Waals surface area contributed by atoms with Crippen LogP contribution in [-0.4, -0.2) is 95.7 Å². The van der Waals surface area contributed by atoms with Crippen molar-refractivity contribution in [2.45, 2.75) is 51.7 Å². The molecule has 3 aliphatic rings. The molecule has 0 aliphatic carbocycles. The Hall–Kier alpha value is -1.44. The molecule has 1 atom stereocenters. The summed E-state index contributed by atoms with van der Waals surface area (Å²) in [5.74, 6) is 0.0656. The van der Waals surface area contributed by atoms with Crippen LogP contribution in [0, 0.1) is 5.41 Å². The quantitative estimate of drug-likeness (QED) is 0.721. The molecule has 0 radical (unpaired) electrons. The van der Waals surface area contributed by atoms with E-state index in [0.717, 1.165) is 45.7 Å². The highest BCUT2D eigenvalue weighted by atomic mass is 16.5. The number of ether oxygens (including phenoxy) is 1. The molecule has 0 aromatic rings. The van der Waals surface area contributed by atoms with Crippen LogP contribution in [0.15, 0.2) is 12.2 Å². The normalized spacial score (nSPS) is 28.1. The first kappa shape index (κ1) is 21.3. The number of piperidine rings is 2. The number of carbonyl (C=O) groups excluding carboxylic acids is 2. The van der Waals surface area contributed by atoms with Gasteiger partial charge >= 0.3 is 0 Å². The molecule has 3 rings (SSSR count). The van der Waals surface area contributed by atoms with Gasteiger partial charge in [-0.2, -0.15) is 0 Å². The number of rotatable bonds is 3. The van der Waals surface area contributed by atoms with Gasteiger partial charge in [0.25, 0.3) is 0 Å². The monoisotopic (exact) mass is 393 g/mol. The van der Waals surface area contributed by atoms with Crippen molar-refractivity contribution in [3.8, 4) is 0 Å². The van der Waals surface area contributed by atoms with Gasteiger partial charge in [0, 0.05) is 52.3 Å². The third-order valence-electron chi connectivity index (χ3n) is 6.87. The van der Waals surface area contributed by atoms with E-state index in [1.165, 1.54) is 0 Å². The lowest BCUT2D eigenvalue weighted by atomic mass is 9.67. The van der Waals surface area contributed by atoms with Gasteiger partial charge in [0.05, 0.1) is 24.9 Å². The number of hydrogen-bond acceptors (Lipinski definition) is 5. The van der Waals surface area contributed by atoms with Gasteiger partial charge in [-0.3, -0.25) is 14.5 Å². The lowest BCUT2D eigenvalue weighted by molar-refractivity contribution is -0.158. The second kappa shape index (κ2) is 8.51. The smallest absolute Gasteiger partial charge is 0.246 e. The molecule has 28 heavy (non-hydrogen) atoms. The summed E-state index contributed by atoms with van der Waals surface area (Å²) in [6.07, 6.45) is 5.44. The summed E-state index contributed by atoms with van der Waals surface area (Å²) < 4.78 is 5.34. The zero-order chi connectivity index (χ0) is 20.4. The standard InChI is InChI=1S/C21H35N3O4/c1-17(25)24-16-21(15-18(26)20(24,2)3)6-9-23(10-7-21)19(27)5-4-8-22-11-13-28-14-12-22/h4-5,18,26H,6-16H2,1-3H3. The Bertz CT molecular complexity index is 605. The second-order valence-electron chi connectivity index (χ2n) is 9.12. The van der Waals surface area contributed by atoms with E-state index in [4.69, 9.17) is 4.74 Å². The lowest BCUT2D eigenvalue weighted by Crippen LogP contribution is -2.64. The number of morpholine rings is 1. The maximum atomic E-state index is 12.5. The van der Waals surface area contributed by atoms with E-state index in [1.54, 1.807) is 13.0 Å². The molecule has 0 aromatic carbocycles. The highest BCUT2D eigenvalue weighted by Gasteiger charge is 2.50. The maximum absolute atomic E-state index is 12.5. The van der Waals surface area contributed by atoms with Crippen molar-refractivity contribution in [3.05, 3.63) is 12.2 Å². The first-order valence-electron chi connectivity index (χ1n) is 10.5. The van der Waals surface area contributed by atoms with Gasteiger partial charge in [-0.25, -0.2) is 0 Å². The third kappa shape index (κ3) is 4.58. The molecule has 3 saturated heterocycles. The van der Waals surface area contributed by atoms with E-state index in [2.05, 4.69) is 4.90 Å². The molecule has 3 fully saturated rings. The van der Waals surface area contributed by atoms with E-state index in [1.807, 2.05) is 29.7 Å². The average Bonchev–Trinajstić information content (AvgIpc) is 2.66. The van der Waals surface area contributed by atoms with Crippen molar-refractivity contribution in [1.82, 2.24) is 14.7 Å². The molecule has 2 amide bonds. The summed E-state index contributed by atoms with van der Waals surface area (Å²) in [4.78, 5) is 30.7. The molecule has 7 nitrogen and oxygen atoms in total. The SMILES string of the molecule is CC(=O)N1CC2(CCN(C(=O)C=CCN3CCOCC3)CC2)CC(O)C1(C)C. The van der Waals surface area contributed by atoms with Gasteiger partial charge in [0.15, 0.2) is 0 Å². The maximum Gasteiger partial charge on any atom is 0.246 e. The van der Waals surface area contributed by atoms with Crippen molar-refractivity contribution in [3.63, 3.8) is 0 Å². The number of aliphatic hydroxyl groups excluding tert-OH is 1. The topological polar surface area (TPSA) is 73.3 Å². The fraction of sp³-hybridized carbons (Fsp3) is 0.810. The number of aliphatic hydroxyl groups is 1. The van der Waals surface area contributed by atoms with Crippen molar-refractivity contribution >= 4 is 11.8 Å². The molecule has 3 heterocycles. The van der Waals surface area contributed by atoms with E-state index in [9.17, 15) is 14.7 Å². The first-order chi connectivity index (χ1) is 13.2. The fourth-order valence-electron chi connectivity index (χ4n) is 4.72. The summed E-state index contributed by atoms with van der Waals surface area (Å²) >= 11 is 0. The largest absolute Gasteiger partial charge is 0.391 e. The Morgan fingerprint density at radius 1 is 1.14 bits per heavy atom. The molecule has 1 unspecified atom stereocenters. The van der Waals surface area contributed by atoms with Gasteiger partial charge < -0.3 is 19.6 Å². The molecule has 158 valence electrons. The summed E-state index contributed by atoms with van der Waals surface area (Å²) in [6.45, 7) is 11.6. The molecular weight excluding hydrogens is 358 g/mol. The van der Waals surface area contributed by atoms with Crippen molar-refractivity contribution in [1.29, 1.82) is 0 Å². The minimum Gasteiger partial charge on any atom is -0.391 e. The summed E-state index contributed by atoms with van der Waals surface area (Å²) in [7, 11) is 0. The van der Waals surface area contributed by atoms with Crippen LogP contribution in [0.3, 0.4) is 0 Å². The van der Waals surface area contributed by atoms with E-state index in [0.29, 0.717) is 26.1 Å². The third-order valence-corrected chi connectivity index (χ3v) is 6.87. The van der Waals surface area contributed by atoms with Crippen LogP contribution >= 0.6 is 0 Å². The molecule has 3 aliphatic heterocycles. The number of carbonyl (C=O) groups is 2. The van der Waals surface area contributed by atoms with Crippen LogP contribution in [0.2, 0.25) is 0 Å². The van der Waals surface area contributed by atoms with Gasteiger partial charge in [-0.05, 0) is 38.5 Å². The summed E-state index contributed by atoms with van der Waals surface area (Å²) in [5.41, 5.74) is -0.624. The van der Waals surface area contributed by atoms with Crippen LogP contribution < -0.4 is 0 Å². The Morgan fingerprint density at radius 3 is 2.39 bits per heavy atom. The zero-order valence-electron chi connectivity index (χ0n) is 17.5. The lowest BCUT2D eigenvalue weighted by Gasteiger charge is -2.55. The van der Waals surface area contributed by atoms with E-state index >= 15 is 0 Å². The molecular formula is C21H35N3O4. The van der Waals surface area contributed by atoms with E-state index < -0.39 is 11.6 Å². The predicted octanol–water partition coefficient (Wildman–Crippen LogP) is 0.875. The van der Waals surface area contributed by atoms with Crippen molar-refractivity contribution < 1.29 is 19.4 Å². The molecule has 1 spiro atoms. The number of amides is 2. The van der Waals surface area contributed by atoms with Gasteiger partial charge in [-0.1, -0.05) is 6.08 Å². The Labute approximate surface area is 168 Å². The van der Waals surface area contributed by atoms with Crippen LogP contribution in [0.4, 0.5) is 0 Å². The Kier molecular flexibility index (Phi) is 6.47. The van der Waals surface area contributed by atoms with Crippen LogP contribution in [0.5, 0.6) is 0 Å². The predicted molar refractivity (Wildman–Crippen MR) is 107 cm³/mol. The van der Waals surface area contributed by atoms with Crippen LogP contribution in [0.1, 0.15) is 40.0 Å². The minimum absolute atomic E-state index is 0.00711. The van der Waals surface area contributed by atoms with Crippen LogP contribution in [-0.2, 0) is 14.3 Å².